The van der Waals surface area contributed by atoms with Crippen LogP contribution < -0.4 is 5.73 Å². The Morgan fingerprint density at radius 2 is 2.08 bits per heavy atom. The number of aliphatic imine (C=N–C) groups is 1. The molecule has 1 amide bonds. The Bertz CT molecular complexity index is 306. The lowest BCUT2D eigenvalue weighted by atomic mass is 9.63. The first-order valence-corrected chi connectivity index (χ1v) is 4.78. The van der Waals surface area contributed by atoms with E-state index in [0.717, 1.165) is 12.8 Å². The second kappa shape index (κ2) is 2.14. The minimum absolute atomic E-state index is 0.0162. The Morgan fingerprint density at radius 1 is 1.46 bits per heavy atom. The van der Waals surface area contributed by atoms with E-state index >= 15 is 0 Å². The zero-order valence-electron chi connectivity index (χ0n) is 8.42. The fourth-order valence-electron chi connectivity index (χ4n) is 2.71. The van der Waals surface area contributed by atoms with Gasteiger partial charge in [0.05, 0.1) is 0 Å². The van der Waals surface area contributed by atoms with Gasteiger partial charge in [-0.15, -0.1) is 0 Å². The van der Waals surface area contributed by atoms with Gasteiger partial charge in [-0.05, 0) is 18.3 Å². The van der Waals surface area contributed by atoms with Crippen LogP contribution in [0.1, 0.15) is 33.6 Å². The summed E-state index contributed by atoms with van der Waals surface area (Å²) < 4.78 is 0. The quantitative estimate of drug-likeness (QED) is 0.611. The van der Waals surface area contributed by atoms with Crippen molar-refractivity contribution < 1.29 is 4.79 Å². The molecule has 2 rings (SSSR count). The van der Waals surface area contributed by atoms with Crippen molar-refractivity contribution >= 4 is 11.7 Å². The van der Waals surface area contributed by atoms with Crippen LogP contribution >= 0.6 is 0 Å². The smallest absolute Gasteiger partial charge is 0.251 e. The molecule has 3 heteroatoms. The standard InChI is InChI=1S/C10H16N2O/c1-9(2)6-4-5-10(9,3)8(11)12-7(6)13/h6H,4-5H2,1-3H3,(H2,11,12,13)/t6-,10-/m1/s1. The molecule has 0 unspecified atom stereocenters. The first-order valence-electron chi connectivity index (χ1n) is 4.78. The maximum Gasteiger partial charge on any atom is 0.251 e. The van der Waals surface area contributed by atoms with E-state index in [0.29, 0.717) is 5.84 Å². The molecule has 1 saturated carbocycles. The lowest BCUT2D eigenvalue weighted by Crippen LogP contribution is -2.49. The van der Waals surface area contributed by atoms with Gasteiger partial charge in [-0.1, -0.05) is 20.8 Å². The summed E-state index contributed by atoms with van der Waals surface area (Å²) in [5, 5.41) is 0. The molecule has 2 aliphatic rings. The van der Waals surface area contributed by atoms with Gasteiger partial charge in [0, 0.05) is 11.3 Å². The van der Waals surface area contributed by atoms with Gasteiger partial charge in [0.25, 0.3) is 5.91 Å². The highest BCUT2D eigenvalue weighted by atomic mass is 16.1. The number of rotatable bonds is 0. The molecule has 2 atom stereocenters. The number of carbonyl (C=O) groups is 1. The highest BCUT2D eigenvalue weighted by Crippen LogP contribution is 2.58. The van der Waals surface area contributed by atoms with Crippen LogP contribution in [0.2, 0.25) is 0 Å². The summed E-state index contributed by atoms with van der Waals surface area (Å²) in [5.41, 5.74) is 5.76. The normalized spacial score (nSPS) is 41.9. The van der Waals surface area contributed by atoms with E-state index in [2.05, 4.69) is 25.8 Å². The van der Waals surface area contributed by atoms with Crippen molar-refractivity contribution in [3.05, 3.63) is 0 Å². The average molecular weight is 180 g/mol. The Balaban J connectivity index is 2.59. The van der Waals surface area contributed by atoms with Gasteiger partial charge < -0.3 is 5.73 Å². The predicted molar refractivity (Wildman–Crippen MR) is 51.2 cm³/mol. The van der Waals surface area contributed by atoms with Crippen molar-refractivity contribution in [3.8, 4) is 0 Å². The van der Waals surface area contributed by atoms with Gasteiger partial charge in [-0.25, -0.2) is 0 Å². The molecule has 0 saturated heterocycles. The van der Waals surface area contributed by atoms with Gasteiger partial charge in [0.1, 0.15) is 5.84 Å². The summed E-state index contributed by atoms with van der Waals surface area (Å²) in [6.45, 7) is 6.38. The Labute approximate surface area is 78.4 Å². The van der Waals surface area contributed by atoms with Crippen molar-refractivity contribution in [3.63, 3.8) is 0 Å². The van der Waals surface area contributed by atoms with E-state index in [-0.39, 0.29) is 22.7 Å². The summed E-state index contributed by atoms with van der Waals surface area (Å²) >= 11 is 0. The van der Waals surface area contributed by atoms with Crippen LogP contribution in [0.4, 0.5) is 0 Å². The molecule has 0 aromatic rings. The molecule has 72 valence electrons. The van der Waals surface area contributed by atoms with Gasteiger partial charge in [0.2, 0.25) is 0 Å². The monoisotopic (exact) mass is 180 g/mol. The lowest BCUT2D eigenvalue weighted by molar-refractivity contribution is -0.126. The summed E-state index contributed by atoms with van der Waals surface area (Å²) in [6.07, 6.45) is 1.93. The number of hydrogen-bond donors (Lipinski definition) is 1. The van der Waals surface area contributed by atoms with Crippen molar-refractivity contribution in [2.24, 2.45) is 27.5 Å². The zero-order chi connectivity index (χ0) is 9.85. The molecule has 1 fully saturated rings. The van der Waals surface area contributed by atoms with Gasteiger partial charge >= 0.3 is 0 Å². The Hall–Kier alpha value is -0.860. The number of nitrogens with two attached hydrogens (primary N) is 1. The minimum Gasteiger partial charge on any atom is -0.387 e. The van der Waals surface area contributed by atoms with Crippen LogP contribution in [0.15, 0.2) is 4.99 Å². The topological polar surface area (TPSA) is 55.4 Å². The maximum absolute atomic E-state index is 11.6. The molecule has 1 aliphatic heterocycles. The van der Waals surface area contributed by atoms with Crippen LogP contribution in [0.3, 0.4) is 0 Å². The van der Waals surface area contributed by atoms with Crippen molar-refractivity contribution in [2.75, 3.05) is 0 Å². The highest BCUT2D eigenvalue weighted by molar-refractivity contribution is 6.02. The molecule has 0 radical (unpaired) electrons. The van der Waals surface area contributed by atoms with Crippen LogP contribution in [-0.2, 0) is 4.79 Å². The molecular formula is C10H16N2O. The first-order chi connectivity index (χ1) is 5.89. The van der Waals surface area contributed by atoms with E-state index in [1.54, 1.807) is 0 Å². The number of fused-ring (bicyclic) bond motifs is 2. The number of amides is 1. The highest BCUT2D eigenvalue weighted by Gasteiger charge is 2.58. The first kappa shape index (κ1) is 8.73. The SMILES string of the molecule is CC1(C)[C@@H]2CC[C@]1(C)C(N)=NC2=O. The van der Waals surface area contributed by atoms with E-state index < -0.39 is 0 Å². The third-order valence-electron chi connectivity index (χ3n) is 4.32. The average Bonchev–Trinajstić information content (AvgIpc) is 2.16. The summed E-state index contributed by atoms with van der Waals surface area (Å²) in [4.78, 5) is 15.5. The van der Waals surface area contributed by atoms with Crippen molar-refractivity contribution in [1.29, 1.82) is 0 Å². The van der Waals surface area contributed by atoms with E-state index in [1.807, 2.05) is 0 Å². The summed E-state index contributed by atoms with van der Waals surface area (Å²) in [7, 11) is 0. The third kappa shape index (κ3) is 0.798. The molecule has 0 aromatic heterocycles. The maximum atomic E-state index is 11.6. The number of hydrogen-bond acceptors (Lipinski definition) is 2. The fraction of sp³-hybridized carbons (Fsp3) is 0.800. The van der Waals surface area contributed by atoms with E-state index in [1.165, 1.54) is 0 Å². The van der Waals surface area contributed by atoms with Crippen LogP contribution in [-0.4, -0.2) is 11.7 Å². The minimum atomic E-state index is -0.0639. The summed E-state index contributed by atoms with van der Waals surface area (Å²) in [6, 6.07) is 0. The summed E-state index contributed by atoms with van der Waals surface area (Å²) in [5.74, 6) is 0.610. The van der Waals surface area contributed by atoms with Crippen LogP contribution in [0.25, 0.3) is 0 Å². The van der Waals surface area contributed by atoms with Crippen molar-refractivity contribution in [2.45, 2.75) is 33.6 Å². The van der Waals surface area contributed by atoms with Gasteiger partial charge in [0.15, 0.2) is 0 Å². The van der Waals surface area contributed by atoms with Gasteiger partial charge in [-0.2, -0.15) is 4.99 Å². The third-order valence-corrected chi connectivity index (χ3v) is 4.32. The molecule has 2 N–H and O–H groups in total. The van der Waals surface area contributed by atoms with Crippen molar-refractivity contribution in [1.82, 2.24) is 0 Å². The Morgan fingerprint density at radius 3 is 2.69 bits per heavy atom. The van der Waals surface area contributed by atoms with E-state index in [4.69, 9.17) is 5.73 Å². The zero-order valence-corrected chi connectivity index (χ0v) is 8.42. The molecule has 0 aromatic carbocycles. The predicted octanol–water partition coefficient (Wildman–Crippen LogP) is 1.33. The Kier molecular flexibility index (Phi) is 1.44. The molecule has 1 aliphatic carbocycles. The number of amidine groups is 1. The molecule has 3 nitrogen and oxygen atoms in total. The number of nitrogens with zero attached hydrogens (tertiary/aromatic N) is 1. The largest absolute Gasteiger partial charge is 0.387 e. The molecule has 1 heterocycles. The van der Waals surface area contributed by atoms with Crippen LogP contribution in [0.5, 0.6) is 0 Å². The molecule has 2 bridgehead atoms. The molecular weight excluding hydrogens is 164 g/mol. The lowest BCUT2D eigenvalue weighted by Gasteiger charge is -2.42. The second-order valence-corrected chi connectivity index (χ2v) is 4.98. The molecule has 13 heavy (non-hydrogen) atoms. The number of carbonyl (C=O) groups excluding carboxylic acids is 1. The van der Waals surface area contributed by atoms with Gasteiger partial charge in [-0.3, -0.25) is 4.79 Å². The second-order valence-electron chi connectivity index (χ2n) is 4.98. The fourth-order valence-corrected chi connectivity index (χ4v) is 2.71. The molecule has 0 spiro atoms. The van der Waals surface area contributed by atoms with Crippen LogP contribution in [0, 0.1) is 16.7 Å². The van der Waals surface area contributed by atoms with E-state index in [9.17, 15) is 4.79 Å².